The molecule has 0 radical (unpaired) electrons. The van der Waals surface area contributed by atoms with Crippen molar-refractivity contribution in [3.8, 4) is 0 Å². The van der Waals surface area contributed by atoms with Gasteiger partial charge in [0.1, 0.15) is 6.17 Å². The highest BCUT2D eigenvalue weighted by molar-refractivity contribution is 5.86. The van der Waals surface area contributed by atoms with Crippen LogP contribution in [0.25, 0.3) is 0 Å². The van der Waals surface area contributed by atoms with Crippen molar-refractivity contribution in [1.82, 2.24) is 15.0 Å². The molecule has 5 nitrogen and oxygen atoms in total. The van der Waals surface area contributed by atoms with Crippen LogP contribution in [0.2, 0.25) is 0 Å². The smallest absolute Gasteiger partial charge is 0.178 e. The van der Waals surface area contributed by atoms with Crippen LogP contribution in [0.3, 0.4) is 0 Å². The summed E-state index contributed by atoms with van der Waals surface area (Å²) in [5.74, 6) is 2.00. The van der Waals surface area contributed by atoms with Crippen LogP contribution in [0.1, 0.15) is 19.4 Å². The largest absolute Gasteiger partial charge is 0.301 e. The highest BCUT2D eigenvalue weighted by atomic mass is 15.5. The zero-order valence-corrected chi connectivity index (χ0v) is 15.4. The van der Waals surface area contributed by atoms with Gasteiger partial charge in [0.25, 0.3) is 0 Å². The lowest BCUT2D eigenvalue weighted by Gasteiger charge is -2.49. The number of hydrogen-bond acceptors (Lipinski definition) is 5. The molecule has 0 saturated carbocycles. The zero-order chi connectivity index (χ0) is 18.6. The second-order valence-electron chi connectivity index (χ2n) is 7.36. The van der Waals surface area contributed by atoms with Crippen LogP contribution in [-0.4, -0.2) is 21.1 Å². The van der Waals surface area contributed by atoms with Gasteiger partial charge in [0.15, 0.2) is 11.6 Å². The first-order valence-electron chi connectivity index (χ1n) is 9.19. The topological polar surface area (TPSA) is 45.2 Å². The first-order chi connectivity index (χ1) is 13.2. The number of pyridine rings is 1. The molecule has 0 bridgehead atoms. The van der Waals surface area contributed by atoms with E-state index in [2.05, 4.69) is 71.6 Å². The van der Waals surface area contributed by atoms with Gasteiger partial charge in [0.05, 0.1) is 11.9 Å². The van der Waals surface area contributed by atoms with Crippen molar-refractivity contribution in [2.24, 2.45) is 5.92 Å². The average Bonchev–Trinajstić information content (AvgIpc) is 3.08. The summed E-state index contributed by atoms with van der Waals surface area (Å²) < 4.78 is 0. The number of aromatic nitrogens is 3. The monoisotopic (exact) mass is 355 g/mol. The van der Waals surface area contributed by atoms with Crippen LogP contribution >= 0.6 is 0 Å². The highest BCUT2D eigenvalue weighted by Crippen LogP contribution is 2.56. The van der Waals surface area contributed by atoms with Crippen molar-refractivity contribution in [3.63, 3.8) is 0 Å². The van der Waals surface area contributed by atoms with Gasteiger partial charge in [0, 0.05) is 35.6 Å². The number of para-hydroxylation sites is 1. The zero-order valence-electron chi connectivity index (χ0n) is 15.4. The van der Waals surface area contributed by atoms with Crippen LogP contribution in [0.4, 0.5) is 23.0 Å². The minimum atomic E-state index is -0.166. The fraction of sp³-hybridized carbons (Fsp3) is 0.227. The lowest BCUT2D eigenvalue weighted by Crippen LogP contribution is -2.54. The summed E-state index contributed by atoms with van der Waals surface area (Å²) in [5.41, 5.74) is 3.29. The number of anilines is 4. The second-order valence-corrected chi connectivity index (χ2v) is 7.36. The Labute approximate surface area is 159 Å². The predicted molar refractivity (Wildman–Crippen MR) is 107 cm³/mol. The van der Waals surface area contributed by atoms with Gasteiger partial charge in [-0.3, -0.25) is 9.88 Å². The minimum absolute atomic E-state index is 0.0458. The molecule has 0 aliphatic carbocycles. The molecule has 5 rings (SSSR count). The maximum atomic E-state index is 4.70. The third kappa shape index (κ3) is 2.02. The molecule has 27 heavy (non-hydrogen) atoms. The minimum Gasteiger partial charge on any atom is -0.301 e. The van der Waals surface area contributed by atoms with E-state index < -0.39 is 0 Å². The van der Waals surface area contributed by atoms with E-state index in [1.54, 1.807) is 18.6 Å². The Morgan fingerprint density at radius 1 is 1.00 bits per heavy atom. The molecule has 0 N–H and O–H groups in total. The maximum Gasteiger partial charge on any atom is 0.178 e. The number of allylic oxidation sites excluding steroid dienone is 1. The lowest BCUT2D eigenvalue weighted by molar-refractivity contribution is 0.312. The van der Waals surface area contributed by atoms with Crippen LogP contribution in [0, 0.1) is 5.92 Å². The molecule has 0 saturated heterocycles. The third-order valence-corrected chi connectivity index (χ3v) is 6.13. The normalized spacial score (nSPS) is 25.6. The Bertz CT molecular complexity index is 1020. The SMILES string of the molecule is C=CC1(C)c2ccccc2N2c3nccnc3N(c3cccnc3)C2C1C. The van der Waals surface area contributed by atoms with Crippen molar-refractivity contribution in [2.75, 3.05) is 9.80 Å². The fourth-order valence-electron chi connectivity index (χ4n) is 4.49. The molecule has 3 aromatic rings. The predicted octanol–water partition coefficient (Wildman–Crippen LogP) is 4.58. The van der Waals surface area contributed by atoms with Gasteiger partial charge >= 0.3 is 0 Å². The number of nitrogens with zero attached hydrogens (tertiary/aromatic N) is 5. The standard InChI is InChI=1S/C22H21N5/c1-4-22(3)15(2)21-26(16-8-7-11-23-14-16)19-20(25-13-12-24-19)27(21)18-10-6-5-9-17(18)22/h4-15,21H,1H2,2-3H3. The van der Waals surface area contributed by atoms with Crippen LogP contribution in [-0.2, 0) is 5.41 Å². The van der Waals surface area contributed by atoms with Crippen molar-refractivity contribution in [3.05, 3.63) is 79.4 Å². The first-order valence-corrected chi connectivity index (χ1v) is 9.19. The highest BCUT2D eigenvalue weighted by Gasteiger charge is 2.53. The van der Waals surface area contributed by atoms with Gasteiger partial charge in [0.2, 0.25) is 0 Å². The molecule has 2 aliphatic rings. The number of fused-ring (bicyclic) bond motifs is 5. The summed E-state index contributed by atoms with van der Waals surface area (Å²) in [6.45, 7) is 8.74. The molecule has 2 aliphatic heterocycles. The van der Waals surface area contributed by atoms with Crippen molar-refractivity contribution >= 4 is 23.0 Å². The molecule has 134 valence electrons. The van der Waals surface area contributed by atoms with E-state index in [1.165, 1.54) is 5.56 Å². The molecule has 0 spiro atoms. The Morgan fingerprint density at radius 3 is 2.44 bits per heavy atom. The summed E-state index contributed by atoms with van der Waals surface area (Å²) in [5, 5.41) is 0. The third-order valence-electron chi connectivity index (χ3n) is 6.13. The molecular weight excluding hydrogens is 334 g/mol. The Balaban J connectivity index is 1.81. The quantitative estimate of drug-likeness (QED) is 0.630. The Hall–Kier alpha value is -3.21. The van der Waals surface area contributed by atoms with Crippen molar-refractivity contribution in [2.45, 2.75) is 25.4 Å². The summed E-state index contributed by atoms with van der Waals surface area (Å²) >= 11 is 0. The molecule has 5 heteroatoms. The van der Waals surface area contributed by atoms with E-state index in [1.807, 2.05) is 12.3 Å². The van der Waals surface area contributed by atoms with E-state index in [0.29, 0.717) is 0 Å². The molecule has 3 unspecified atom stereocenters. The first kappa shape index (κ1) is 16.0. The van der Waals surface area contributed by atoms with E-state index in [4.69, 9.17) is 9.97 Å². The van der Waals surface area contributed by atoms with Crippen LogP contribution < -0.4 is 9.80 Å². The van der Waals surface area contributed by atoms with Crippen molar-refractivity contribution < 1.29 is 0 Å². The summed E-state index contributed by atoms with van der Waals surface area (Å²) in [6.07, 6.45) is 9.33. The van der Waals surface area contributed by atoms with Crippen molar-refractivity contribution in [1.29, 1.82) is 0 Å². The molecule has 0 amide bonds. The maximum absolute atomic E-state index is 4.70. The average molecular weight is 355 g/mol. The second kappa shape index (κ2) is 5.64. The number of rotatable bonds is 2. The molecular formula is C22H21N5. The van der Waals surface area contributed by atoms with E-state index in [0.717, 1.165) is 23.0 Å². The van der Waals surface area contributed by atoms with Crippen LogP contribution in [0.5, 0.6) is 0 Å². The van der Waals surface area contributed by atoms with E-state index in [-0.39, 0.29) is 17.5 Å². The molecule has 1 aromatic carbocycles. The summed E-state index contributed by atoms with van der Waals surface area (Å²) in [4.78, 5) is 18.3. The number of benzene rings is 1. The van der Waals surface area contributed by atoms with Gasteiger partial charge in [-0.15, -0.1) is 6.58 Å². The number of hydrogen-bond donors (Lipinski definition) is 0. The van der Waals surface area contributed by atoms with E-state index in [9.17, 15) is 0 Å². The molecule has 4 heterocycles. The summed E-state index contributed by atoms with van der Waals surface area (Å²) in [6, 6.07) is 12.6. The molecule has 3 atom stereocenters. The van der Waals surface area contributed by atoms with Gasteiger partial charge in [-0.05, 0) is 23.8 Å². The Kier molecular flexibility index (Phi) is 3.34. The van der Waals surface area contributed by atoms with Gasteiger partial charge < -0.3 is 4.90 Å². The van der Waals surface area contributed by atoms with Crippen LogP contribution in [0.15, 0.2) is 73.8 Å². The van der Waals surface area contributed by atoms with Gasteiger partial charge in [-0.25, -0.2) is 9.97 Å². The van der Waals surface area contributed by atoms with E-state index >= 15 is 0 Å². The Morgan fingerprint density at radius 2 is 1.74 bits per heavy atom. The van der Waals surface area contributed by atoms with Gasteiger partial charge in [-0.1, -0.05) is 38.1 Å². The van der Waals surface area contributed by atoms with Gasteiger partial charge in [-0.2, -0.15) is 0 Å². The lowest BCUT2D eigenvalue weighted by atomic mass is 9.68. The summed E-state index contributed by atoms with van der Waals surface area (Å²) in [7, 11) is 0. The molecule has 2 aromatic heterocycles. The fourth-order valence-corrected chi connectivity index (χ4v) is 4.49. The molecule has 0 fully saturated rings.